The van der Waals surface area contributed by atoms with E-state index in [9.17, 15) is 0 Å². The first-order valence-electron chi connectivity index (χ1n) is 11.3. The minimum absolute atomic E-state index is 0. The van der Waals surface area contributed by atoms with E-state index in [2.05, 4.69) is 137 Å². The van der Waals surface area contributed by atoms with Gasteiger partial charge in [-0.3, -0.25) is 0 Å². The zero-order chi connectivity index (χ0) is 22.7. The number of rotatable bonds is 6. The van der Waals surface area contributed by atoms with Gasteiger partial charge in [-0.05, 0) is 79.4 Å². The molecule has 0 saturated carbocycles. The third-order valence-corrected chi connectivity index (χ3v) is 10.9. The zero-order valence-corrected chi connectivity index (χ0v) is 21.9. The van der Waals surface area contributed by atoms with Crippen molar-refractivity contribution in [2.75, 3.05) is 19.0 Å². The first kappa shape index (κ1) is 25.0. The summed E-state index contributed by atoms with van der Waals surface area (Å²) >= 11 is 0. The van der Waals surface area contributed by atoms with Gasteiger partial charge in [0.1, 0.15) is 23.2 Å². The molecule has 33 heavy (non-hydrogen) atoms. The molecule has 0 radical (unpaired) electrons. The summed E-state index contributed by atoms with van der Waals surface area (Å²) in [5, 5.41) is 4.30. The molecule has 0 unspecified atom stereocenters. The highest BCUT2D eigenvalue weighted by Gasteiger charge is 2.46. The predicted molar refractivity (Wildman–Crippen MR) is 144 cm³/mol. The molecule has 0 N–H and O–H groups in total. The van der Waals surface area contributed by atoms with E-state index in [1.165, 1.54) is 43.9 Å². The Morgan fingerprint density at radius 3 is 1.36 bits per heavy atom. The molecule has 0 aliphatic heterocycles. The van der Waals surface area contributed by atoms with Gasteiger partial charge in [-0.15, -0.1) is 0 Å². The van der Waals surface area contributed by atoms with Crippen molar-refractivity contribution in [1.29, 1.82) is 0 Å². The van der Waals surface area contributed by atoms with Crippen LogP contribution in [0.4, 0.5) is 5.69 Å². The van der Waals surface area contributed by atoms with Crippen molar-refractivity contribution in [3.05, 3.63) is 119 Å². The van der Waals surface area contributed by atoms with Crippen LogP contribution in [0.15, 0.2) is 97.1 Å². The second-order valence-electron chi connectivity index (χ2n) is 8.83. The van der Waals surface area contributed by atoms with Gasteiger partial charge in [-0.1, -0.05) is 60.7 Å². The lowest BCUT2D eigenvalue weighted by Crippen LogP contribution is -3.00. The zero-order valence-electron chi connectivity index (χ0n) is 20.2. The van der Waals surface area contributed by atoms with Crippen molar-refractivity contribution in [3.63, 3.8) is 0 Å². The van der Waals surface area contributed by atoms with Crippen LogP contribution in [0.3, 0.4) is 0 Å². The summed E-state index contributed by atoms with van der Waals surface area (Å²) in [6.07, 6.45) is 1.02. The Labute approximate surface area is 206 Å². The molecule has 0 bridgehead atoms. The summed E-state index contributed by atoms with van der Waals surface area (Å²) in [4.78, 5) is 2.27. The minimum Gasteiger partial charge on any atom is -1.00 e. The van der Waals surface area contributed by atoms with E-state index in [0.717, 1.165) is 6.16 Å². The maximum Gasteiger partial charge on any atom is 0.116 e. The fraction of sp³-hybridized carbons (Fsp3) is 0.200. The van der Waals surface area contributed by atoms with E-state index in [1.807, 2.05) is 0 Å². The smallest absolute Gasteiger partial charge is 0.116 e. The lowest BCUT2D eigenvalue weighted by atomic mass is 9.98. The molecule has 0 aliphatic carbocycles. The summed E-state index contributed by atoms with van der Waals surface area (Å²) in [6, 6.07) is 35.9. The molecule has 0 heterocycles. The number of benzene rings is 4. The van der Waals surface area contributed by atoms with E-state index < -0.39 is 7.26 Å². The van der Waals surface area contributed by atoms with E-state index in [1.54, 1.807) is 0 Å². The van der Waals surface area contributed by atoms with Gasteiger partial charge < -0.3 is 17.3 Å². The van der Waals surface area contributed by atoms with Crippen LogP contribution in [-0.4, -0.2) is 14.1 Å². The van der Waals surface area contributed by atoms with Crippen LogP contribution in [0, 0.1) is 20.8 Å². The molecule has 0 amide bonds. The molecule has 0 aromatic heterocycles. The summed E-state index contributed by atoms with van der Waals surface area (Å²) < 4.78 is 0. The summed E-state index contributed by atoms with van der Waals surface area (Å²) in [6.45, 7) is 6.82. The average Bonchev–Trinajstić information content (AvgIpc) is 2.81. The van der Waals surface area contributed by atoms with E-state index >= 15 is 0 Å². The fourth-order valence-electron chi connectivity index (χ4n) is 5.15. The van der Waals surface area contributed by atoms with Crippen LogP contribution >= 0.6 is 7.26 Å². The molecule has 0 fully saturated rings. The molecule has 4 aromatic rings. The third-order valence-electron chi connectivity index (χ3n) is 6.52. The van der Waals surface area contributed by atoms with Crippen molar-refractivity contribution in [1.82, 2.24) is 0 Å². The fourth-order valence-corrected chi connectivity index (χ4v) is 9.60. The number of anilines is 1. The van der Waals surface area contributed by atoms with Gasteiger partial charge in [-0.2, -0.15) is 0 Å². The molecule has 0 spiro atoms. The average molecular weight is 474 g/mol. The summed E-state index contributed by atoms with van der Waals surface area (Å²) in [5.74, 6) is 0. The van der Waals surface area contributed by atoms with Gasteiger partial charge in [0.25, 0.3) is 0 Å². The molecular weight excluding hydrogens is 441 g/mol. The molecule has 1 nitrogen and oxygen atoms in total. The van der Waals surface area contributed by atoms with Crippen LogP contribution < -0.4 is 33.2 Å². The monoisotopic (exact) mass is 473 g/mol. The molecule has 0 aliphatic rings. The standard InChI is InChI=1S/C30H33NP.ClH/c1-23-21-24(2)30(31(4)5)25(3)29(23)22-32(26-15-9-6-10-16-26,27-17-11-7-12-18-27)28-19-13-8-14-20-28;/h6-21H,22H2,1-5H3;1H/q+1;/p-1. The Morgan fingerprint density at radius 1 is 0.606 bits per heavy atom. The van der Waals surface area contributed by atoms with Crippen LogP contribution in [0.1, 0.15) is 22.3 Å². The predicted octanol–water partition coefficient (Wildman–Crippen LogP) is 3.18. The Kier molecular flexibility index (Phi) is 8.01. The maximum atomic E-state index is 2.37. The molecule has 0 atom stereocenters. The number of halogens is 1. The largest absolute Gasteiger partial charge is 1.00 e. The highest BCUT2D eigenvalue weighted by molar-refractivity contribution is 7.95. The lowest BCUT2D eigenvalue weighted by Gasteiger charge is -2.30. The third kappa shape index (κ3) is 4.72. The number of hydrogen-bond acceptors (Lipinski definition) is 1. The van der Waals surface area contributed by atoms with Gasteiger partial charge in [0.15, 0.2) is 0 Å². The first-order valence-corrected chi connectivity index (χ1v) is 13.2. The second-order valence-corrected chi connectivity index (χ2v) is 12.3. The number of nitrogens with zero attached hydrogens (tertiary/aromatic N) is 1. The Hall–Kier alpha value is -2.60. The van der Waals surface area contributed by atoms with Crippen LogP contribution in [0.2, 0.25) is 0 Å². The molecule has 3 heteroatoms. The SMILES string of the molecule is Cc1cc(C)c(N(C)C)c(C)c1C[P+](c1ccccc1)(c1ccccc1)c1ccccc1.[Cl-]. The normalized spacial score (nSPS) is 11.1. The Morgan fingerprint density at radius 2 is 1.00 bits per heavy atom. The van der Waals surface area contributed by atoms with Gasteiger partial charge in [0.2, 0.25) is 0 Å². The van der Waals surface area contributed by atoms with Gasteiger partial charge in [0, 0.05) is 19.8 Å². The van der Waals surface area contributed by atoms with Crippen molar-refractivity contribution >= 4 is 28.9 Å². The molecular formula is C30H33ClNP. The maximum absolute atomic E-state index is 2.37. The Balaban J connectivity index is 0.00000306. The highest BCUT2D eigenvalue weighted by Crippen LogP contribution is 2.59. The lowest BCUT2D eigenvalue weighted by molar-refractivity contribution is -0.00000657. The molecule has 4 aromatic carbocycles. The van der Waals surface area contributed by atoms with Crippen molar-refractivity contribution < 1.29 is 12.4 Å². The van der Waals surface area contributed by atoms with Crippen LogP contribution in [0.5, 0.6) is 0 Å². The number of hydrogen-bond donors (Lipinski definition) is 0. The van der Waals surface area contributed by atoms with Crippen molar-refractivity contribution in [2.24, 2.45) is 0 Å². The molecule has 0 saturated heterocycles. The molecule has 4 rings (SSSR count). The minimum atomic E-state index is -1.91. The van der Waals surface area contributed by atoms with Crippen molar-refractivity contribution in [3.8, 4) is 0 Å². The first-order chi connectivity index (χ1) is 15.4. The highest BCUT2D eigenvalue weighted by atomic mass is 35.5. The number of aryl methyl sites for hydroxylation is 2. The topological polar surface area (TPSA) is 3.24 Å². The molecule has 170 valence electrons. The quantitative estimate of drug-likeness (QED) is 0.389. The Bertz CT molecular complexity index is 1090. The van der Waals surface area contributed by atoms with Crippen molar-refractivity contribution in [2.45, 2.75) is 26.9 Å². The van der Waals surface area contributed by atoms with Gasteiger partial charge in [0.05, 0.1) is 6.16 Å². The summed E-state index contributed by atoms with van der Waals surface area (Å²) in [5.41, 5.74) is 6.95. The van der Waals surface area contributed by atoms with Gasteiger partial charge in [-0.25, -0.2) is 0 Å². The summed E-state index contributed by atoms with van der Waals surface area (Å²) in [7, 11) is 2.40. The van der Waals surface area contributed by atoms with Gasteiger partial charge >= 0.3 is 0 Å². The van der Waals surface area contributed by atoms with Crippen LogP contribution in [0.25, 0.3) is 0 Å². The van der Waals surface area contributed by atoms with E-state index in [0.29, 0.717) is 0 Å². The van der Waals surface area contributed by atoms with E-state index in [4.69, 9.17) is 0 Å². The van der Waals surface area contributed by atoms with E-state index in [-0.39, 0.29) is 12.4 Å². The van der Waals surface area contributed by atoms with Crippen LogP contribution in [-0.2, 0) is 6.16 Å². The second kappa shape index (κ2) is 10.6.